The molecular weight excluding hydrogens is 355 g/mol. The minimum Gasteiger partial charge on any atom is -0.305 e. The molecule has 0 saturated carbocycles. The third-order valence-corrected chi connectivity index (χ3v) is 3.70. The molecule has 4 nitrogen and oxygen atoms in total. The topological polar surface area (TPSA) is 57.8 Å². The Balaban J connectivity index is 2.00. The number of hydrogen-bond acceptors (Lipinski definition) is 2. The lowest BCUT2D eigenvalue weighted by molar-refractivity contribution is -0.140. The van der Waals surface area contributed by atoms with Gasteiger partial charge >= 0.3 is 6.18 Å². The summed E-state index contributed by atoms with van der Waals surface area (Å²) in [6, 6.07) is 13.9. The molecule has 2 N–H and O–H groups in total. The minimum absolute atomic E-state index is 0.196. The smallest absolute Gasteiger partial charge is 0.305 e. The number of nitrogens with zero attached hydrogens (tertiary/aromatic N) is 1. The number of aromatic amines is 1. The number of aromatic nitrogens is 2. The first kappa shape index (κ1) is 17.0. The van der Waals surface area contributed by atoms with Gasteiger partial charge in [-0.3, -0.25) is 9.89 Å². The fourth-order valence-corrected chi connectivity index (χ4v) is 2.43. The predicted molar refractivity (Wildman–Crippen MR) is 88.4 cm³/mol. The molecule has 1 heterocycles. The van der Waals surface area contributed by atoms with Crippen LogP contribution in [0.5, 0.6) is 0 Å². The van der Waals surface area contributed by atoms with Crippen molar-refractivity contribution in [1.82, 2.24) is 10.2 Å². The van der Waals surface area contributed by atoms with Gasteiger partial charge in [0.25, 0.3) is 5.91 Å². The van der Waals surface area contributed by atoms with E-state index in [1.165, 1.54) is 36.4 Å². The quantitative estimate of drug-likeness (QED) is 0.686. The first-order chi connectivity index (χ1) is 11.9. The Morgan fingerprint density at radius 2 is 1.68 bits per heavy atom. The van der Waals surface area contributed by atoms with Gasteiger partial charge in [0.15, 0.2) is 5.82 Å². The first-order valence-corrected chi connectivity index (χ1v) is 7.52. The number of alkyl halides is 3. The van der Waals surface area contributed by atoms with E-state index < -0.39 is 17.8 Å². The lowest BCUT2D eigenvalue weighted by Gasteiger charge is -2.09. The highest BCUT2D eigenvalue weighted by molar-refractivity contribution is 6.30. The highest BCUT2D eigenvalue weighted by Crippen LogP contribution is 2.39. The molecule has 0 spiro atoms. The molecule has 3 aromatic rings. The van der Waals surface area contributed by atoms with Crippen molar-refractivity contribution in [3.8, 4) is 11.1 Å². The Morgan fingerprint density at radius 1 is 1.04 bits per heavy atom. The van der Waals surface area contributed by atoms with Gasteiger partial charge in [0.1, 0.15) is 5.69 Å². The van der Waals surface area contributed by atoms with Crippen LogP contribution in [0.4, 0.5) is 19.0 Å². The average Bonchev–Trinajstić information content (AvgIpc) is 3.00. The molecule has 8 heteroatoms. The van der Waals surface area contributed by atoms with E-state index in [4.69, 9.17) is 11.6 Å². The Kier molecular flexibility index (Phi) is 4.50. The van der Waals surface area contributed by atoms with Crippen LogP contribution in [0.15, 0.2) is 54.6 Å². The van der Waals surface area contributed by atoms with Crippen LogP contribution in [0, 0.1) is 0 Å². The van der Waals surface area contributed by atoms with Crippen molar-refractivity contribution in [2.45, 2.75) is 6.18 Å². The molecule has 0 aliphatic rings. The third kappa shape index (κ3) is 3.66. The number of rotatable bonds is 3. The number of carbonyl (C=O) groups is 1. The summed E-state index contributed by atoms with van der Waals surface area (Å²) in [5.41, 5.74) is -0.699. The standard InChI is InChI=1S/C17H11ClF3N3O/c18-12-8-6-11(7-9-12)16(25)22-15-13(10-4-2-1-3-5-10)14(23-24-15)17(19,20)21/h1-9H,(H2,22,23,24,25). The first-order valence-electron chi connectivity index (χ1n) is 7.14. The van der Waals surface area contributed by atoms with Crippen molar-refractivity contribution >= 4 is 23.3 Å². The lowest BCUT2D eigenvalue weighted by atomic mass is 10.0. The van der Waals surface area contributed by atoms with Gasteiger partial charge < -0.3 is 5.32 Å². The molecule has 0 unspecified atom stereocenters. The predicted octanol–water partition coefficient (Wildman–Crippen LogP) is 5.00. The van der Waals surface area contributed by atoms with Crippen LogP contribution in [0.2, 0.25) is 5.02 Å². The number of nitrogens with one attached hydrogen (secondary N) is 2. The molecule has 25 heavy (non-hydrogen) atoms. The van der Waals surface area contributed by atoms with E-state index in [-0.39, 0.29) is 22.5 Å². The molecule has 1 amide bonds. The zero-order chi connectivity index (χ0) is 18.0. The molecule has 3 rings (SSSR count). The van der Waals surface area contributed by atoms with Crippen molar-refractivity contribution < 1.29 is 18.0 Å². The molecule has 0 atom stereocenters. The fourth-order valence-electron chi connectivity index (χ4n) is 2.30. The van der Waals surface area contributed by atoms with E-state index in [1.807, 2.05) is 5.10 Å². The van der Waals surface area contributed by atoms with Gasteiger partial charge in [0.2, 0.25) is 0 Å². The van der Waals surface area contributed by atoms with Crippen LogP contribution in [0.1, 0.15) is 16.1 Å². The largest absolute Gasteiger partial charge is 0.433 e. The lowest BCUT2D eigenvalue weighted by Crippen LogP contribution is -2.13. The Morgan fingerprint density at radius 3 is 2.28 bits per heavy atom. The fraction of sp³-hybridized carbons (Fsp3) is 0.0588. The van der Waals surface area contributed by atoms with Crippen LogP contribution in [0.25, 0.3) is 11.1 Å². The van der Waals surface area contributed by atoms with Gasteiger partial charge in [-0.15, -0.1) is 0 Å². The summed E-state index contributed by atoms with van der Waals surface area (Å²) < 4.78 is 39.8. The van der Waals surface area contributed by atoms with E-state index in [9.17, 15) is 18.0 Å². The molecule has 0 saturated heterocycles. The zero-order valence-corrected chi connectivity index (χ0v) is 13.3. The van der Waals surface area contributed by atoms with E-state index in [0.717, 1.165) is 0 Å². The number of benzene rings is 2. The molecule has 0 aliphatic carbocycles. The summed E-state index contributed by atoms with van der Waals surface area (Å²) in [7, 11) is 0. The van der Waals surface area contributed by atoms with Crippen molar-refractivity contribution in [2.75, 3.05) is 5.32 Å². The van der Waals surface area contributed by atoms with Crippen molar-refractivity contribution in [3.05, 3.63) is 70.9 Å². The summed E-state index contributed by atoms with van der Waals surface area (Å²) in [6.45, 7) is 0. The van der Waals surface area contributed by atoms with Gasteiger partial charge in [0, 0.05) is 10.6 Å². The summed E-state index contributed by atoms with van der Waals surface area (Å²) >= 11 is 5.76. The second kappa shape index (κ2) is 6.60. The Bertz CT molecular complexity index is 890. The molecule has 0 radical (unpaired) electrons. The van der Waals surface area contributed by atoms with Crippen molar-refractivity contribution in [2.24, 2.45) is 0 Å². The molecule has 2 aromatic carbocycles. The highest BCUT2D eigenvalue weighted by Gasteiger charge is 2.38. The van der Waals surface area contributed by atoms with Crippen LogP contribution in [-0.4, -0.2) is 16.1 Å². The van der Waals surface area contributed by atoms with E-state index in [2.05, 4.69) is 10.4 Å². The maximum Gasteiger partial charge on any atom is 0.433 e. The van der Waals surface area contributed by atoms with Crippen LogP contribution >= 0.6 is 11.6 Å². The maximum absolute atomic E-state index is 13.3. The molecule has 0 fully saturated rings. The van der Waals surface area contributed by atoms with E-state index in [0.29, 0.717) is 5.02 Å². The van der Waals surface area contributed by atoms with E-state index in [1.54, 1.807) is 18.2 Å². The van der Waals surface area contributed by atoms with E-state index >= 15 is 0 Å². The SMILES string of the molecule is O=C(Nc1n[nH]c(C(F)(F)F)c1-c1ccccc1)c1ccc(Cl)cc1. The zero-order valence-electron chi connectivity index (χ0n) is 12.6. The molecule has 0 aliphatic heterocycles. The molecule has 1 aromatic heterocycles. The Labute approximate surface area is 145 Å². The van der Waals surface area contributed by atoms with Crippen LogP contribution in [-0.2, 0) is 6.18 Å². The number of hydrogen-bond donors (Lipinski definition) is 2. The number of H-pyrrole nitrogens is 1. The number of anilines is 1. The minimum atomic E-state index is -4.64. The van der Waals surface area contributed by atoms with Gasteiger partial charge in [-0.25, -0.2) is 0 Å². The number of amides is 1. The summed E-state index contributed by atoms with van der Waals surface area (Å²) in [5.74, 6) is -0.785. The summed E-state index contributed by atoms with van der Waals surface area (Å²) in [6.07, 6.45) is -4.64. The van der Waals surface area contributed by atoms with Crippen LogP contribution < -0.4 is 5.32 Å². The number of halogens is 4. The summed E-state index contributed by atoms with van der Waals surface area (Å²) in [5, 5.41) is 8.46. The molecule has 128 valence electrons. The normalized spacial score (nSPS) is 11.4. The van der Waals surface area contributed by atoms with Gasteiger partial charge in [-0.05, 0) is 29.8 Å². The van der Waals surface area contributed by atoms with Gasteiger partial charge in [0.05, 0.1) is 5.56 Å². The summed E-state index contributed by atoms with van der Waals surface area (Å²) in [4.78, 5) is 12.3. The van der Waals surface area contributed by atoms with Gasteiger partial charge in [-0.1, -0.05) is 41.9 Å². The van der Waals surface area contributed by atoms with Crippen LogP contribution in [0.3, 0.4) is 0 Å². The van der Waals surface area contributed by atoms with Crippen molar-refractivity contribution in [3.63, 3.8) is 0 Å². The van der Waals surface area contributed by atoms with Gasteiger partial charge in [-0.2, -0.15) is 18.3 Å². The second-order valence-electron chi connectivity index (χ2n) is 5.15. The highest BCUT2D eigenvalue weighted by atomic mass is 35.5. The number of carbonyl (C=O) groups excluding carboxylic acids is 1. The second-order valence-corrected chi connectivity index (χ2v) is 5.58. The maximum atomic E-state index is 13.3. The monoisotopic (exact) mass is 365 g/mol. The van der Waals surface area contributed by atoms with Crippen molar-refractivity contribution in [1.29, 1.82) is 0 Å². The molecule has 0 bridgehead atoms. The Hall–Kier alpha value is -2.80. The average molecular weight is 366 g/mol. The third-order valence-electron chi connectivity index (χ3n) is 3.45. The molecular formula is C17H11ClF3N3O.